The van der Waals surface area contributed by atoms with E-state index in [9.17, 15) is 14.3 Å². The molecule has 6 heteroatoms. The van der Waals surface area contributed by atoms with Crippen molar-refractivity contribution in [2.45, 2.75) is 12.1 Å². The van der Waals surface area contributed by atoms with Crippen molar-refractivity contribution < 1.29 is 23.5 Å². The third-order valence-electron chi connectivity index (χ3n) is 1.63. The van der Waals surface area contributed by atoms with Crippen molar-refractivity contribution in [2.75, 3.05) is 13.2 Å². The maximum atomic E-state index is 11.3. The molecule has 1 fully saturated rings. The zero-order valence-electron chi connectivity index (χ0n) is 6.80. The van der Waals surface area contributed by atoms with Gasteiger partial charge in [-0.15, -0.1) is 6.42 Å². The summed E-state index contributed by atoms with van der Waals surface area (Å²) in [5.41, 5.74) is -1.07. The van der Waals surface area contributed by atoms with Gasteiger partial charge < -0.3 is 9.63 Å². The molecule has 0 aliphatic carbocycles. The van der Waals surface area contributed by atoms with Gasteiger partial charge in [0.25, 0.3) is 0 Å². The van der Waals surface area contributed by atoms with E-state index in [0.717, 1.165) is 0 Å². The van der Waals surface area contributed by atoms with Crippen LogP contribution in [0.5, 0.6) is 0 Å². The van der Waals surface area contributed by atoms with Crippen LogP contribution >= 0.6 is 7.60 Å². The van der Waals surface area contributed by atoms with Gasteiger partial charge in [0.2, 0.25) is 0 Å². The molecular formula is C7H9O5P. The van der Waals surface area contributed by atoms with Crippen LogP contribution < -0.4 is 0 Å². The minimum Gasteiger partial charge on any atom is -0.465 e. The summed E-state index contributed by atoms with van der Waals surface area (Å²) in [5, 5.41) is 0. The number of carbonyl (C=O) groups is 1. The van der Waals surface area contributed by atoms with Crippen molar-refractivity contribution in [3.63, 3.8) is 0 Å². The summed E-state index contributed by atoms with van der Waals surface area (Å²) in [6, 6.07) is 0. The molecule has 1 saturated heterocycles. The molecule has 0 aromatic heterocycles. The number of ether oxygens (including phenoxy) is 1. The third-order valence-corrected chi connectivity index (χ3v) is 3.39. The van der Waals surface area contributed by atoms with E-state index >= 15 is 0 Å². The van der Waals surface area contributed by atoms with Crippen molar-refractivity contribution in [1.82, 2.24) is 0 Å². The molecule has 1 heterocycles. The summed E-state index contributed by atoms with van der Waals surface area (Å²) in [7, 11) is -3.93. The van der Waals surface area contributed by atoms with Crippen LogP contribution in [-0.4, -0.2) is 29.7 Å². The first-order valence-electron chi connectivity index (χ1n) is 3.65. The molecule has 2 atom stereocenters. The first-order chi connectivity index (χ1) is 6.08. The van der Waals surface area contributed by atoms with E-state index in [2.05, 4.69) is 15.2 Å². The highest BCUT2D eigenvalue weighted by Crippen LogP contribution is 2.50. The largest absolute Gasteiger partial charge is 0.465 e. The lowest BCUT2D eigenvalue weighted by Gasteiger charge is -2.13. The van der Waals surface area contributed by atoms with E-state index < -0.39 is 19.2 Å². The van der Waals surface area contributed by atoms with Crippen LogP contribution in [0.1, 0.15) is 6.42 Å². The highest BCUT2D eigenvalue weighted by atomic mass is 31.2. The Kier molecular flexibility index (Phi) is 3.10. The number of carbonyl (C=O) groups excluding carboxylic acids is 1. The third kappa shape index (κ3) is 2.31. The molecule has 13 heavy (non-hydrogen) atoms. The van der Waals surface area contributed by atoms with Gasteiger partial charge in [-0.25, -0.2) is 0 Å². The van der Waals surface area contributed by atoms with Crippen LogP contribution in [0.2, 0.25) is 0 Å². The molecule has 1 N–H and O–H groups in total. The Morgan fingerprint density at radius 3 is 3.00 bits per heavy atom. The maximum absolute atomic E-state index is 11.3. The monoisotopic (exact) mass is 204 g/mol. The predicted octanol–water partition coefficient (Wildman–Crippen LogP) is 0.137. The van der Waals surface area contributed by atoms with Gasteiger partial charge in [-0.05, 0) is 0 Å². The van der Waals surface area contributed by atoms with E-state index in [4.69, 9.17) is 6.42 Å². The number of terminal acetylenes is 1. The van der Waals surface area contributed by atoms with Gasteiger partial charge in [0, 0.05) is 6.42 Å². The van der Waals surface area contributed by atoms with Gasteiger partial charge in [0.1, 0.15) is 6.61 Å². The number of esters is 1. The Morgan fingerprint density at radius 2 is 2.54 bits per heavy atom. The van der Waals surface area contributed by atoms with E-state index in [1.165, 1.54) is 0 Å². The Morgan fingerprint density at radius 1 is 1.85 bits per heavy atom. The van der Waals surface area contributed by atoms with Crippen molar-refractivity contribution in [1.29, 1.82) is 0 Å². The average Bonchev–Trinajstić information content (AvgIpc) is 2.48. The fourth-order valence-corrected chi connectivity index (χ4v) is 2.21. The fourth-order valence-electron chi connectivity index (χ4n) is 1.00. The lowest BCUT2D eigenvalue weighted by molar-refractivity contribution is -0.137. The molecule has 0 radical (unpaired) electrons. The van der Waals surface area contributed by atoms with E-state index in [1.54, 1.807) is 0 Å². The highest BCUT2D eigenvalue weighted by Gasteiger charge is 2.43. The Balaban J connectivity index is 2.64. The van der Waals surface area contributed by atoms with Crippen LogP contribution in [0.3, 0.4) is 0 Å². The van der Waals surface area contributed by atoms with Crippen LogP contribution in [0.25, 0.3) is 0 Å². The first kappa shape index (κ1) is 10.3. The second-order valence-corrected chi connectivity index (χ2v) is 4.52. The van der Waals surface area contributed by atoms with Gasteiger partial charge >= 0.3 is 13.6 Å². The van der Waals surface area contributed by atoms with Crippen molar-refractivity contribution in [3.05, 3.63) is 0 Å². The number of cyclic esters (lactones) is 1. The molecule has 72 valence electrons. The van der Waals surface area contributed by atoms with Crippen molar-refractivity contribution in [2.24, 2.45) is 0 Å². The molecular weight excluding hydrogens is 195 g/mol. The van der Waals surface area contributed by atoms with Gasteiger partial charge in [-0.2, -0.15) is 0 Å². The maximum Gasteiger partial charge on any atom is 0.343 e. The summed E-state index contributed by atoms with van der Waals surface area (Å²) < 4.78 is 20.4. The van der Waals surface area contributed by atoms with Crippen LogP contribution in [0.4, 0.5) is 0 Å². The molecule has 5 nitrogen and oxygen atoms in total. The first-order valence-corrected chi connectivity index (χ1v) is 5.29. The molecule has 2 unspecified atom stereocenters. The average molecular weight is 204 g/mol. The zero-order chi connectivity index (χ0) is 9.90. The molecule has 0 aromatic rings. The summed E-state index contributed by atoms with van der Waals surface area (Å²) in [4.78, 5) is 20.2. The van der Waals surface area contributed by atoms with Crippen LogP contribution in [-0.2, 0) is 18.6 Å². The van der Waals surface area contributed by atoms with Gasteiger partial charge in [0.05, 0.1) is 6.61 Å². The van der Waals surface area contributed by atoms with Crippen molar-refractivity contribution in [3.8, 4) is 12.3 Å². The quantitative estimate of drug-likeness (QED) is 0.402. The SMILES string of the molecule is C#CCOP(=O)(O)C1CCOC1=O. The topological polar surface area (TPSA) is 72.8 Å². The van der Waals surface area contributed by atoms with Gasteiger partial charge in [0.15, 0.2) is 5.66 Å². The molecule has 1 aliphatic heterocycles. The number of hydrogen-bond acceptors (Lipinski definition) is 4. The molecule has 0 spiro atoms. The summed E-state index contributed by atoms with van der Waals surface area (Å²) in [6.45, 7) is -0.120. The minimum absolute atomic E-state index is 0.160. The van der Waals surface area contributed by atoms with E-state index in [-0.39, 0.29) is 19.6 Å². The van der Waals surface area contributed by atoms with E-state index in [1.807, 2.05) is 0 Å². The van der Waals surface area contributed by atoms with Gasteiger partial charge in [-0.1, -0.05) is 5.92 Å². The van der Waals surface area contributed by atoms with Gasteiger partial charge in [-0.3, -0.25) is 13.9 Å². The molecule has 1 aliphatic rings. The molecule has 0 aromatic carbocycles. The zero-order valence-corrected chi connectivity index (χ0v) is 7.70. The minimum atomic E-state index is -3.93. The summed E-state index contributed by atoms with van der Waals surface area (Å²) in [6.07, 6.45) is 5.05. The molecule has 0 amide bonds. The number of rotatable bonds is 3. The molecule has 1 rings (SSSR count). The summed E-state index contributed by atoms with van der Waals surface area (Å²) in [5.74, 6) is 1.36. The Bertz CT molecular complexity index is 292. The molecule has 0 bridgehead atoms. The molecule has 0 saturated carbocycles. The fraction of sp³-hybridized carbons (Fsp3) is 0.571. The van der Waals surface area contributed by atoms with E-state index in [0.29, 0.717) is 0 Å². The number of hydrogen-bond donors (Lipinski definition) is 1. The summed E-state index contributed by atoms with van der Waals surface area (Å²) >= 11 is 0. The van der Waals surface area contributed by atoms with Crippen molar-refractivity contribution >= 4 is 13.6 Å². The van der Waals surface area contributed by atoms with Crippen LogP contribution in [0.15, 0.2) is 0 Å². The Hall–Kier alpha value is -0.820. The predicted molar refractivity (Wildman–Crippen MR) is 44.0 cm³/mol. The standard InChI is InChI=1S/C7H9O5P/c1-2-4-12-13(9,10)6-3-5-11-7(6)8/h1,6H,3-5H2,(H,9,10). The van der Waals surface area contributed by atoms with Crippen LogP contribution in [0, 0.1) is 12.3 Å². The highest BCUT2D eigenvalue weighted by molar-refractivity contribution is 7.54. The second-order valence-electron chi connectivity index (χ2n) is 2.51. The normalized spacial score (nSPS) is 26.2. The smallest absolute Gasteiger partial charge is 0.343 e. The second kappa shape index (κ2) is 3.93. The lowest BCUT2D eigenvalue weighted by Crippen LogP contribution is -2.16. The Labute approximate surface area is 75.6 Å². The lowest BCUT2D eigenvalue weighted by atomic mass is 10.4.